The summed E-state index contributed by atoms with van der Waals surface area (Å²) in [6, 6.07) is 0. The number of phosphoric acid groups is 1. The Labute approximate surface area is 150 Å². The summed E-state index contributed by atoms with van der Waals surface area (Å²) in [6.45, 7) is -1.46. The normalized spacial score (nSPS) is 24.9. The molecule has 0 amide bonds. The number of hydrogen-bond donors (Lipinski definition) is 5. The number of phosphoric ester groups is 1. The van der Waals surface area contributed by atoms with Gasteiger partial charge in [-0.25, -0.2) is 14.3 Å². The lowest BCUT2D eigenvalue weighted by atomic mass is 10.2. The Bertz CT molecular complexity index is 958. The molecule has 6 N–H and O–H groups in total. The van der Waals surface area contributed by atoms with Gasteiger partial charge in [0.1, 0.15) is 6.10 Å². The molecular formula is C12H16N5O9P. The molecule has 0 radical (unpaired) electrons. The number of nitrogen functional groups attached to an aromatic ring is 1. The van der Waals surface area contributed by atoms with Crippen molar-refractivity contribution in [3.63, 3.8) is 0 Å². The molecule has 0 saturated carbocycles. The van der Waals surface area contributed by atoms with Crippen LogP contribution in [-0.2, 0) is 23.1 Å². The number of hydrogen-bond acceptors (Lipinski definition) is 10. The van der Waals surface area contributed by atoms with Crippen molar-refractivity contribution in [2.24, 2.45) is 0 Å². The van der Waals surface area contributed by atoms with Crippen molar-refractivity contribution in [2.75, 3.05) is 18.9 Å². The molecule has 27 heavy (non-hydrogen) atoms. The zero-order chi connectivity index (χ0) is 19.8. The van der Waals surface area contributed by atoms with Gasteiger partial charge in [-0.15, -0.1) is 0 Å². The number of aliphatic hydroxyl groups is 1. The SMILES string of the molecule is Nc1nc2c(ncn2[C@@H]2O[C@H](CO)C[C@H]2OP(=O)(O)OCC(=O)O)c(=O)[nH]1. The first kappa shape index (κ1) is 19.4. The van der Waals surface area contributed by atoms with Crippen molar-refractivity contribution in [3.05, 3.63) is 16.7 Å². The van der Waals surface area contributed by atoms with Gasteiger partial charge in [-0.3, -0.25) is 23.4 Å². The van der Waals surface area contributed by atoms with E-state index >= 15 is 0 Å². The Balaban J connectivity index is 1.92. The number of ether oxygens (including phenoxy) is 1. The minimum absolute atomic E-state index is 0.0134. The molecule has 1 saturated heterocycles. The maximum atomic E-state index is 12.0. The number of nitrogens with zero attached hydrogens (tertiary/aromatic N) is 3. The van der Waals surface area contributed by atoms with E-state index in [1.807, 2.05) is 0 Å². The first-order valence-electron chi connectivity index (χ1n) is 7.56. The van der Waals surface area contributed by atoms with Crippen molar-refractivity contribution in [1.29, 1.82) is 0 Å². The van der Waals surface area contributed by atoms with Crippen LogP contribution < -0.4 is 11.3 Å². The summed E-state index contributed by atoms with van der Waals surface area (Å²) in [5.74, 6) is -1.64. The molecule has 3 heterocycles. The second-order valence-electron chi connectivity index (χ2n) is 5.62. The fourth-order valence-electron chi connectivity index (χ4n) is 2.64. The van der Waals surface area contributed by atoms with Crippen LogP contribution >= 0.6 is 7.82 Å². The standard InChI is InChI=1S/C12H16N5O9P/c13-12-15-9-8(10(21)16-12)14-4-17(9)11-6(1-5(2-18)25-11)26-27(22,23)24-3-7(19)20/h4-6,11,18H,1-3H2,(H,19,20)(H,22,23)(H3,13,15,16,21)/t5-,6+,11+/m0/s1. The Kier molecular flexibility index (Phi) is 5.28. The average Bonchev–Trinajstić information content (AvgIpc) is 3.16. The van der Waals surface area contributed by atoms with Crippen LogP contribution in [0.25, 0.3) is 11.2 Å². The van der Waals surface area contributed by atoms with Gasteiger partial charge in [0, 0.05) is 6.42 Å². The maximum Gasteiger partial charge on any atom is 0.473 e. The van der Waals surface area contributed by atoms with Gasteiger partial charge in [0.25, 0.3) is 5.56 Å². The van der Waals surface area contributed by atoms with E-state index in [1.165, 1.54) is 10.9 Å². The highest BCUT2D eigenvalue weighted by Gasteiger charge is 2.42. The smallest absolute Gasteiger partial charge is 0.473 e. The van der Waals surface area contributed by atoms with Crippen molar-refractivity contribution < 1.29 is 38.3 Å². The summed E-state index contributed by atoms with van der Waals surface area (Å²) in [5.41, 5.74) is 4.92. The molecule has 3 rings (SSSR count). The number of aromatic amines is 1. The third-order valence-electron chi connectivity index (χ3n) is 3.69. The van der Waals surface area contributed by atoms with Crippen LogP contribution in [0.2, 0.25) is 0 Å². The summed E-state index contributed by atoms with van der Waals surface area (Å²) < 4.78 is 28.2. The monoisotopic (exact) mass is 405 g/mol. The Hall–Kier alpha value is -2.35. The quantitative estimate of drug-likeness (QED) is 0.335. The van der Waals surface area contributed by atoms with E-state index < -0.39 is 51.0 Å². The molecule has 1 unspecified atom stereocenters. The molecule has 1 aliphatic rings. The summed E-state index contributed by atoms with van der Waals surface area (Å²) in [4.78, 5) is 42.3. The van der Waals surface area contributed by atoms with Crippen molar-refractivity contribution in [2.45, 2.75) is 24.9 Å². The number of anilines is 1. The molecule has 148 valence electrons. The maximum absolute atomic E-state index is 12.0. The third kappa shape index (κ3) is 4.16. The number of carboxylic acids is 1. The predicted molar refractivity (Wildman–Crippen MR) is 86.5 cm³/mol. The van der Waals surface area contributed by atoms with Gasteiger partial charge in [-0.05, 0) is 0 Å². The topological polar surface area (TPSA) is 212 Å². The summed E-state index contributed by atoms with van der Waals surface area (Å²) in [5, 5.41) is 17.9. The van der Waals surface area contributed by atoms with Gasteiger partial charge in [0.05, 0.1) is 19.0 Å². The van der Waals surface area contributed by atoms with Crippen LogP contribution in [0, 0.1) is 0 Å². The number of nitrogens with one attached hydrogen (secondary N) is 1. The Morgan fingerprint density at radius 2 is 2.30 bits per heavy atom. The second kappa shape index (κ2) is 7.34. The molecule has 4 atom stereocenters. The Morgan fingerprint density at radius 3 is 2.96 bits per heavy atom. The van der Waals surface area contributed by atoms with Crippen LogP contribution in [0.15, 0.2) is 11.1 Å². The highest BCUT2D eigenvalue weighted by molar-refractivity contribution is 7.47. The number of aromatic nitrogens is 4. The number of aliphatic hydroxyl groups excluding tert-OH is 1. The highest BCUT2D eigenvalue weighted by atomic mass is 31.2. The van der Waals surface area contributed by atoms with Crippen LogP contribution in [0.5, 0.6) is 0 Å². The number of imidazole rings is 1. The van der Waals surface area contributed by atoms with Crippen LogP contribution in [0.4, 0.5) is 5.95 Å². The molecule has 0 aromatic carbocycles. The minimum Gasteiger partial charge on any atom is -0.480 e. The van der Waals surface area contributed by atoms with Gasteiger partial charge in [0.15, 0.2) is 24.0 Å². The number of aliphatic carboxylic acids is 1. The molecule has 1 aliphatic heterocycles. The van der Waals surface area contributed by atoms with Crippen molar-refractivity contribution in [3.8, 4) is 0 Å². The number of rotatable bonds is 7. The molecule has 15 heteroatoms. The molecule has 2 aromatic heterocycles. The lowest BCUT2D eigenvalue weighted by Crippen LogP contribution is -2.23. The van der Waals surface area contributed by atoms with Gasteiger partial charge in [0.2, 0.25) is 5.95 Å². The lowest BCUT2D eigenvalue weighted by Gasteiger charge is -2.22. The second-order valence-corrected chi connectivity index (χ2v) is 7.03. The van der Waals surface area contributed by atoms with Crippen molar-refractivity contribution >= 4 is 30.9 Å². The first-order valence-corrected chi connectivity index (χ1v) is 9.06. The summed E-state index contributed by atoms with van der Waals surface area (Å²) in [7, 11) is -4.74. The fourth-order valence-corrected chi connectivity index (χ4v) is 3.51. The summed E-state index contributed by atoms with van der Waals surface area (Å²) >= 11 is 0. The molecule has 0 bridgehead atoms. The average molecular weight is 405 g/mol. The lowest BCUT2D eigenvalue weighted by molar-refractivity contribution is -0.140. The van der Waals surface area contributed by atoms with E-state index in [0.29, 0.717) is 0 Å². The van der Waals surface area contributed by atoms with E-state index in [0.717, 1.165) is 0 Å². The zero-order valence-corrected chi connectivity index (χ0v) is 14.5. The largest absolute Gasteiger partial charge is 0.480 e. The number of H-pyrrole nitrogens is 1. The Morgan fingerprint density at radius 1 is 1.56 bits per heavy atom. The molecule has 0 aliphatic carbocycles. The van der Waals surface area contributed by atoms with E-state index in [1.54, 1.807) is 0 Å². The van der Waals surface area contributed by atoms with Crippen LogP contribution in [-0.4, -0.2) is 66.0 Å². The molecule has 1 fully saturated rings. The predicted octanol–water partition coefficient (Wildman–Crippen LogP) is -1.43. The molecule has 0 spiro atoms. The van der Waals surface area contributed by atoms with E-state index in [4.69, 9.17) is 20.1 Å². The first-order chi connectivity index (χ1) is 12.7. The van der Waals surface area contributed by atoms with Gasteiger partial charge in [-0.1, -0.05) is 0 Å². The third-order valence-corrected chi connectivity index (χ3v) is 4.69. The highest BCUT2D eigenvalue weighted by Crippen LogP contribution is 2.49. The number of carbonyl (C=O) groups is 1. The van der Waals surface area contributed by atoms with Gasteiger partial charge in [-0.2, -0.15) is 4.98 Å². The zero-order valence-electron chi connectivity index (χ0n) is 13.6. The molecule has 14 nitrogen and oxygen atoms in total. The van der Waals surface area contributed by atoms with E-state index in [9.17, 15) is 24.2 Å². The van der Waals surface area contributed by atoms with E-state index in [2.05, 4.69) is 19.5 Å². The minimum atomic E-state index is -4.74. The van der Waals surface area contributed by atoms with Crippen LogP contribution in [0.3, 0.4) is 0 Å². The van der Waals surface area contributed by atoms with Crippen LogP contribution in [0.1, 0.15) is 12.6 Å². The number of carboxylic acid groups (broad SMARTS) is 1. The van der Waals surface area contributed by atoms with Gasteiger partial charge >= 0.3 is 13.8 Å². The fraction of sp³-hybridized carbons (Fsp3) is 0.500. The van der Waals surface area contributed by atoms with Crippen molar-refractivity contribution in [1.82, 2.24) is 19.5 Å². The van der Waals surface area contributed by atoms with Gasteiger partial charge < -0.3 is 25.6 Å². The summed E-state index contributed by atoms with van der Waals surface area (Å²) in [6.07, 6.45) is -1.80. The van der Waals surface area contributed by atoms with E-state index in [-0.39, 0.29) is 23.5 Å². The number of nitrogens with two attached hydrogens (primary N) is 1. The molecular weight excluding hydrogens is 389 g/mol. The number of fused-ring (bicyclic) bond motifs is 1. The molecule has 2 aromatic rings.